The molecule has 2 aromatic carbocycles. The monoisotopic (exact) mass is 292 g/mol. The highest BCUT2D eigenvalue weighted by molar-refractivity contribution is 6.36. The quantitative estimate of drug-likeness (QED) is 0.601. The van der Waals surface area contributed by atoms with Crippen molar-refractivity contribution in [1.82, 2.24) is 0 Å². The van der Waals surface area contributed by atoms with Crippen LogP contribution in [0.3, 0.4) is 0 Å². The zero-order valence-electron chi connectivity index (χ0n) is 8.28. The molecule has 0 saturated carbocycles. The van der Waals surface area contributed by atoms with Gasteiger partial charge in [-0.05, 0) is 24.3 Å². The molecule has 0 fully saturated rings. The highest BCUT2D eigenvalue weighted by Crippen LogP contribution is 2.34. The van der Waals surface area contributed by atoms with Crippen molar-refractivity contribution >= 4 is 34.8 Å². The summed E-state index contributed by atoms with van der Waals surface area (Å²) in [7, 11) is 0. The van der Waals surface area contributed by atoms with Crippen LogP contribution < -0.4 is 0 Å². The van der Waals surface area contributed by atoms with Gasteiger partial charge in [-0.3, -0.25) is 0 Å². The molecule has 5 heteroatoms. The van der Waals surface area contributed by atoms with Crippen LogP contribution in [-0.2, 0) is 0 Å². The van der Waals surface area contributed by atoms with Gasteiger partial charge in [0.2, 0.25) is 0 Å². The number of halogens is 5. The molecule has 0 aliphatic rings. The number of hydrogen-bond donors (Lipinski definition) is 0. The lowest BCUT2D eigenvalue weighted by Gasteiger charge is -2.07. The van der Waals surface area contributed by atoms with Crippen molar-refractivity contribution in [3.8, 4) is 11.1 Å². The fourth-order valence-electron chi connectivity index (χ4n) is 1.46. The summed E-state index contributed by atoms with van der Waals surface area (Å²) < 4.78 is 26.9. The maximum Gasteiger partial charge on any atom is 0.149 e. The first-order valence-corrected chi connectivity index (χ1v) is 5.72. The third-order valence-corrected chi connectivity index (χ3v) is 3.04. The van der Waals surface area contributed by atoms with Crippen molar-refractivity contribution < 1.29 is 8.78 Å². The SMILES string of the molecule is Fc1cc(Cl)c(F)c(-c2ccc(Cl)cc2Cl)c1. The molecule has 0 aliphatic carbocycles. The van der Waals surface area contributed by atoms with Gasteiger partial charge < -0.3 is 0 Å². The second-order valence-corrected chi connectivity index (χ2v) is 4.62. The van der Waals surface area contributed by atoms with Crippen LogP contribution in [0.2, 0.25) is 15.1 Å². The van der Waals surface area contributed by atoms with E-state index in [2.05, 4.69) is 0 Å². The second-order valence-electron chi connectivity index (χ2n) is 3.37. The lowest BCUT2D eigenvalue weighted by atomic mass is 10.0. The fraction of sp³-hybridized carbons (Fsp3) is 0. The van der Waals surface area contributed by atoms with Gasteiger partial charge in [0.05, 0.1) is 5.02 Å². The van der Waals surface area contributed by atoms with E-state index in [-0.39, 0.29) is 15.6 Å². The molecule has 0 atom stereocenters. The van der Waals surface area contributed by atoms with Crippen molar-refractivity contribution in [2.75, 3.05) is 0 Å². The van der Waals surface area contributed by atoms with Gasteiger partial charge in [-0.1, -0.05) is 40.9 Å². The Balaban J connectivity index is 2.68. The first-order chi connectivity index (χ1) is 7.99. The van der Waals surface area contributed by atoms with Gasteiger partial charge in [-0.25, -0.2) is 8.78 Å². The van der Waals surface area contributed by atoms with E-state index >= 15 is 0 Å². The predicted molar refractivity (Wildman–Crippen MR) is 66.8 cm³/mol. The zero-order valence-corrected chi connectivity index (χ0v) is 10.5. The molecule has 0 heterocycles. The van der Waals surface area contributed by atoms with Gasteiger partial charge in [0, 0.05) is 21.2 Å². The molecular weight excluding hydrogens is 288 g/mol. The van der Waals surface area contributed by atoms with E-state index in [0.717, 1.165) is 12.1 Å². The first kappa shape index (κ1) is 12.6. The van der Waals surface area contributed by atoms with E-state index in [1.54, 1.807) is 6.07 Å². The summed E-state index contributed by atoms with van der Waals surface area (Å²) in [5, 5.41) is 0.366. The molecule has 0 aliphatic heterocycles. The van der Waals surface area contributed by atoms with E-state index in [4.69, 9.17) is 34.8 Å². The normalized spacial score (nSPS) is 10.6. The standard InChI is InChI=1S/C12H5Cl3F2/c13-6-1-2-8(10(14)3-6)9-4-7(16)5-11(15)12(9)17/h1-5H. The van der Waals surface area contributed by atoms with Crippen molar-refractivity contribution in [3.63, 3.8) is 0 Å². The van der Waals surface area contributed by atoms with Gasteiger partial charge in [0.1, 0.15) is 11.6 Å². The lowest BCUT2D eigenvalue weighted by molar-refractivity contribution is 0.603. The van der Waals surface area contributed by atoms with Crippen LogP contribution in [-0.4, -0.2) is 0 Å². The minimum Gasteiger partial charge on any atom is -0.207 e. The summed E-state index contributed by atoms with van der Waals surface area (Å²) in [6.45, 7) is 0. The molecule has 17 heavy (non-hydrogen) atoms. The molecule has 0 N–H and O–H groups in total. The number of rotatable bonds is 1. The van der Waals surface area contributed by atoms with Gasteiger partial charge >= 0.3 is 0 Å². The van der Waals surface area contributed by atoms with Crippen LogP contribution in [0.1, 0.15) is 0 Å². The van der Waals surface area contributed by atoms with E-state index in [0.29, 0.717) is 10.6 Å². The molecule has 2 rings (SSSR count). The number of hydrogen-bond acceptors (Lipinski definition) is 0. The molecule has 0 unspecified atom stereocenters. The summed E-state index contributed by atoms with van der Waals surface area (Å²) in [5.41, 5.74) is 0.353. The second kappa shape index (κ2) is 4.81. The maximum absolute atomic E-state index is 13.8. The first-order valence-electron chi connectivity index (χ1n) is 4.59. The maximum atomic E-state index is 13.8. The van der Waals surface area contributed by atoms with Crippen molar-refractivity contribution in [3.05, 3.63) is 57.0 Å². The Hall–Kier alpha value is -0.830. The van der Waals surface area contributed by atoms with Crippen LogP contribution in [0.4, 0.5) is 8.78 Å². The lowest BCUT2D eigenvalue weighted by Crippen LogP contribution is -1.89. The number of benzene rings is 2. The van der Waals surface area contributed by atoms with E-state index in [1.165, 1.54) is 12.1 Å². The Morgan fingerprint density at radius 3 is 2.12 bits per heavy atom. The molecule has 2 aromatic rings. The molecular formula is C12H5Cl3F2. The van der Waals surface area contributed by atoms with Gasteiger partial charge in [-0.2, -0.15) is 0 Å². The summed E-state index contributed by atoms with van der Waals surface area (Å²) in [6, 6.07) is 6.46. The molecule has 0 nitrogen and oxygen atoms in total. The molecule has 88 valence electrons. The molecule has 0 saturated heterocycles. The highest BCUT2D eigenvalue weighted by Gasteiger charge is 2.14. The molecule has 0 amide bonds. The molecule has 0 bridgehead atoms. The minimum absolute atomic E-state index is 0.0108. The fourth-order valence-corrected chi connectivity index (χ4v) is 2.18. The van der Waals surface area contributed by atoms with Crippen LogP contribution >= 0.6 is 34.8 Å². The van der Waals surface area contributed by atoms with E-state index in [9.17, 15) is 8.78 Å². The minimum atomic E-state index is -0.711. The van der Waals surface area contributed by atoms with Gasteiger partial charge in [0.15, 0.2) is 0 Å². The Kier molecular flexibility index (Phi) is 3.57. The van der Waals surface area contributed by atoms with Crippen LogP contribution in [0, 0.1) is 11.6 Å². The zero-order chi connectivity index (χ0) is 12.6. The summed E-state index contributed by atoms with van der Waals surface area (Å²) in [5.74, 6) is -1.34. The van der Waals surface area contributed by atoms with E-state index in [1.807, 2.05) is 0 Å². The highest BCUT2D eigenvalue weighted by atomic mass is 35.5. The third-order valence-electron chi connectivity index (χ3n) is 2.21. The van der Waals surface area contributed by atoms with Crippen LogP contribution in [0.25, 0.3) is 11.1 Å². The average molecular weight is 294 g/mol. The van der Waals surface area contributed by atoms with Crippen molar-refractivity contribution in [2.45, 2.75) is 0 Å². The van der Waals surface area contributed by atoms with Crippen molar-refractivity contribution in [2.24, 2.45) is 0 Å². The molecule has 0 aromatic heterocycles. The summed E-state index contributed by atoms with van der Waals surface area (Å²) >= 11 is 17.2. The Bertz CT molecular complexity index is 582. The average Bonchev–Trinajstić information content (AvgIpc) is 2.24. The van der Waals surface area contributed by atoms with Crippen LogP contribution in [0.15, 0.2) is 30.3 Å². The Labute approximate surface area is 112 Å². The largest absolute Gasteiger partial charge is 0.207 e. The Morgan fingerprint density at radius 1 is 0.765 bits per heavy atom. The van der Waals surface area contributed by atoms with Crippen LogP contribution in [0.5, 0.6) is 0 Å². The van der Waals surface area contributed by atoms with Crippen molar-refractivity contribution in [1.29, 1.82) is 0 Å². The van der Waals surface area contributed by atoms with Gasteiger partial charge in [0.25, 0.3) is 0 Å². The smallest absolute Gasteiger partial charge is 0.149 e. The summed E-state index contributed by atoms with van der Waals surface area (Å²) in [6.07, 6.45) is 0. The molecule has 0 spiro atoms. The van der Waals surface area contributed by atoms with Gasteiger partial charge in [-0.15, -0.1) is 0 Å². The predicted octanol–water partition coefficient (Wildman–Crippen LogP) is 5.59. The van der Waals surface area contributed by atoms with E-state index < -0.39 is 11.6 Å². The Morgan fingerprint density at radius 2 is 1.47 bits per heavy atom. The molecule has 0 radical (unpaired) electrons. The topological polar surface area (TPSA) is 0 Å². The summed E-state index contributed by atoms with van der Waals surface area (Å²) in [4.78, 5) is 0. The third kappa shape index (κ3) is 2.54.